The zero-order valence-corrected chi connectivity index (χ0v) is 7.77. The van der Waals surface area contributed by atoms with Gasteiger partial charge in [0.25, 0.3) is 5.56 Å². The lowest BCUT2D eigenvalue weighted by Crippen LogP contribution is -2.11. The highest BCUT2D eigenvalue weighted by atomic mass is 35.5. The lowest BCUT2D eigenvalue weighted by Gasteiger charge is -2.01. The maximum atomic E-state index is 10.9. The van der Waals surface area contributed by atoms with E-state index in [-0.39, 0.29) is 5.02 Å². The molecule has 1 rings (SSSR count). The van der Waals surface area contributed by atoms with Crippen LogP contribution in [0.25, 0.3) is 0 Å². The zero-order chi connectivity index (χ0) is 9.68. The standard InChI is InChI=1S/C8H8ClN3O/c1-2-3-4-10-6-5-11-12-8(13)7(6)9/h5H,4H2,1H3,(H2,10,12,13). The number of H-pyrrole nitrogens is 1. The molecule has 68 valence electrons. The van der Waals surface area contributed by atoms with Crippen molar-refractivity contribution in [2.75, 3.05) is 11.9 Å². The molecule has 2 N–H and O–H groups in total. The number of hydrogen-bond donors (Lipinski definition) is 2. The molecule has 0 fully saturated rings. The van der Waals surface area contributed by atoms with Crippen molar-refractivity contribution >= 4 is 17.3 Å². The van der Waals surface area contributed by atoms with Crippen LogP contribution < -0.4 is 10.9 Å². The summed E-state index contributed by atoms with van der Waals surface area (Å²) < 4.78 is 0. The van der Waals surface area contributed by atoms with Crippen LogP contribution in [-0.4, -0.2) is 16.7 Å². The van der Waals surface area contributed by atoms with E-state index in [1.165, 1.54) is 6.20 Å². The van der Waals surface area contributed by atoms with Crippen LogP contribution in [-0.2, 0) is 0 Å². The van der Waals surface area contributed by atoms with Crippen molar-refractivity contribution in [1.29, 1.82) is 0 Å². The normalized spacial score (nSPS) is 8.77. The van der Waals surface area contributed by atoms with Crippen molar-refractivity contribution in [2.24, 2.45) is 0 Å². The van der Waals surface area contributed by atoms with E-state index in [1.54, 1.807) is 6.92 Å². The van der Waals surface area contributed by atoms with Gasteiger partial charge in [-0.1, -0.05) is 17.5 Å². The molecule has 0 bridgehead atoms. The van der Waals surface area contributed by atoms with Crippen molar-refractivity contribution in [3.05, 3.63) is 21.6 Å². The summed E-state index contributed by atoms with van der Waals surface area (Å²) in [6.45, 7) is 2.18. The summed E-state index contributed by atoms with van der Waals surface area (Å²) in [5.41, 5.74) is 0.0873. The number of anilines is 1. The Labute approximate surface area is 80.3 Å². The molecule has 0 radical (unpaired) electrons. The van der Waals surface area contributed by atoms with E-state index >= 15 is 0 Å². The van der Waals surface area contributed by atoms with Gasteiger partial charge in [0.2, 0.25) is 0 Å². The number of hydrogen-bond acceptors (Lipinski definition) is 3. The lowest BCUT2D eigenvalue weighted by molar-refractivity contribution is 0.988. The van der Waals surface area contributed by atoms with Crippen molar-refractivity contribution < 1.29 is 0 Å². The van der Waals surface area contributed by atoms with Crippen molar-refractivity contribution in [2.45, 2.75) is 6.92 Å². The van der Waals surface area contributed by atoms with Crippen LogP contribution in [0.2, 0.25) is 5.02 Å². The van der Waals surface area contributed by atoms with Crippen LogP contribution in [0, 0.1) is 11.8 Å². The van der Waals surface area contributed by atoms with Gasteiger partial charge < -0.3 is 5.32 Å². The first-order valence-electron chi connectivity index (χ1n) is 3.62. The summed E-state index contributed by atoms with van der Waals surface area (Å²) in [6, 6.07) is 0. The van der Waals surface area contributed by atoms with Gasteiger partial charge in [0, 0.05) is 0 Å². The van der Waals surface area contributed by atoms with Crippen molar-refractivity contribution in [1.82, 2.24) is 10.2 Å². The van der Waals surface area contributed by atoms with E-state index in [9.17, 15) is 4.79 Å². The largest absolute Gasteiger partial charge is 0.371 e. The average molecular weight is 198 g/mol. The Balaban J connectivity index is 2.81. The minimum Gasteiger partial charge on any atom is -0.371 e. The number of nitrogens with zero attached hydrogens (tertiary/aromatic N) is 1. The molecule has 5 heteroatoms. The van der Waals surface area contributed by atoms with Crippen LogP contribution in [0.1, 0.15) is 6.92 Å². The Morgan fingerprint density at radius 3 is 3.23 bits per heavy atom. The summed E-state index contributed by atoms with van der Waals surface area (Å²) in [5, 5.41) is 8.78. The van der Waals surface area contributed by atoms with Crippen LogP contribution in [0.15, 0.2) is 11.0 Å². The summed E-state index contributed by atoms with van der Waals surface area (Å²) in [5.74, 6) is 5.49. The third-order valence-electron chi connectivity index (χ3n) is 1.34. The first-order chi connectivity index (χ1) is 6.25. The second-order valence-corrected chi connectivity index (χ2v) is 2.59. The van der Waals surface area contributed by atoms with E-state index < -0.39 is 5.56 Å². The highest BCUT2D eigenvalue weighted by Crippen LogP contribution is 2.13. The smallest absolute Gasteiger partial charge is 0.285 e. The third kappa shape index (κ3) is 2.49. The van der Waals surface area contributed by atoms with Crippen LogP contribution in [0.4, 0.5) is 5.69 Å². The van der Waals surface area contributed by atoms with Gasteiger partial charge in [-0.15, -0.1) is 5.92 Å². The molecule has 0 aliphatic rings. The quantitative estimate of drug-likeness (QED) is 0.692. The summed E-state index contributed by atoms with van der Waals surface area (Å²) in [6.07, 6.45) is 1.45. The van der Waals surface area contributed by atoms with Gasteiger partial charge in [0.1, 0.15) is 5.02 Å². The van der Waals surface area contributed by atoms with E-state index in [0.717, 1.165) is 0 Å². The molecule has 0 saturated carbocycles. The van der Waals surface area contributed by atoms with E-state index in [2.05, 4.69) is 27.4 Å². The molecule has 4 nitrogen and oxygen atoms in total. The Bertz CT molecular complexity index is 402. The number of nitrogens with one attached hydrogen (secondary N) is 2. The molecule has 1 aromatic rings. The maximum Gasteiger partial charge on any atom is 0.285 e. The molecular formula is C8H8ClN3O. The van der Waals surface area contributed by atoms with Crippen molar-refractivity contribution in [3.63, 3.8) is 0 Å². The number of rotatable bonds is 2. The lowest BCUT2D eigenvalue weighted by atomic mass is 10.4. The number of aromatic amines is 1. The second kappa shape index (κ2) is 4.53. The first kappa shape index (κ1) is 9.62. The topological polar surface area (TPSA) is 57.8 Å². The third-order valence-corrected chi connectivity index (χ3v) is 1.71. The SMILES string of the molecule is CC#CCNc1cn[nH]c(=O)c1Cl. The van der Waals surface area contributed by atoms with Gasteiger partial charge >= 0.3 is 0 Å². The monoisotopic (exact) mass is 197 g/mol. The molecule has 0 aliphatic heterocycles. The Kier molecular flexibility index (Phi) is 3.35. The Morgan fingerprint density at radius 2 is 2.54 bits per heavy atom. The molecule has 0 aromatic carbocycles. The van der Waals surface area contributed by atoms with Crippen LogP contribution in [0.3, 0.4) is 0 Å². The minimum atomic E-state index is -0.406. The predicted octanol–water partition coefficient (Wildman–Crippen LogP) is 0.859. The fourth-order valence-electron chi connectivity index (χ4n) is 0.735. The fraction of sp³-hybridized carbons (Fsp3) is 0.250. The molecule has 1 aromatic heterocycles. The summed E-state index contributed by atoms with van der Waals surface area (Å²) >= 11 is 5.68. The Hall–Kier alpha value is -1.47. The second-order valence-electron chi connectivity index (χ2n) is 2.21. The average Bonchev–Trinajstić information content (AvgIpc) is 2.13. The molecule has 0 unspecified atom stereocenters. The number of halogens is 1. The predicted molar refractivity (Wildman–Crippen MR) is 51.8 cm³/mol. The fourth-order valence-corrected chi connectivity index (χ4v) is 0.892. The van der Waals surface area contributed by atoms with Crippen LogP contribution in [0.5, 0.6) is 0 Å². The highest BCUT2D eigenvalue weighted by Gasteiger charge is 2.02. The first-order valence-corrected chi connectivity index (χ1v) is 4.00. The van der Waals surface area contributed by atoms with Gasteiger partial charge in [0.05, 0.1) is 18.4 Å². The molecule has 13 heavy (non-hydrogen) atoms. The van der Waals surface area contributed by atoms with E-state index in [0.29, 0.717) is 12.2 Å². The highest BCUT2D eigenvalue weighted by molar-refractivity contribution is 6.32. The number of aromatic nitrogens is 2. The molecule has 0 aliphatic carbocycles. The summed E-state index contributed by atoms with van der Waals surface area (Å²) in [4.78, 5) is 10.9. The Morgan fingerprint density at radius 1 is 1.77 bits per heavy atom. The molecule has 0 atom stereocenters. The maximum absolute atomic E-state index is 10.9. The van der Waals surface area contributed by atoms with E-state index in [4.69, 9.17) is 11.6 Å². The van der Waals surface area contributed by atoms with Gasteiger partial charge in [-0.2, -0.15) is 5.10 Å². The summed E-state index contributed by atoms with van der Waals surface area (Å²) in [7, 11) is 0. The van der Waals surface area contributed by atoms with Gasteiger partial charge in [0.15, 0.2) is 0 Å². The van der Waals surface area contributed by atoms with Crippen LogP contribution >= 0.6 is 11.6 Å². The molecular weight excluding hydrogens is 190 g/mol. The molecule has 0 amide bonds. The molecule has 0 saturated heterocycles. The van der Waals surface area contributed by atoms with E-state index in [1.807, 2.05) is 0 Å². The van der Waals surface area contributed by atoms with Crippen molar-refractivity contribution in [3.8, 4) is 11.8 Å². The molecule has 1 heterocycles. The zero-order valence-electron chi connectivity index (χ0n) is 7.02. The minimum absolute atomic E-state index is 0.105. The van der Waals surface area contributed by atoms with Gasteiger partial charge in [-0.25, -0.2) is 5.10 Å². The van der Waals surface area contributed by atoms with Gasteiger partial charge in [-0.05, 0) is 6.92 Å². The molecule has 0 spiro atoms. The van der Waals surface area contributed by atoms with Gasteiger partial charge in [-0.3, -0.25) is 4.79 Å².